The van der Waals surface area contributed by atoms with Crippen LogP contribution in [0.5, 0.6) is 0 Å². The number of carboxylic acids is 2. The summed E-state index contributed by atoms with van der Waals surface area (Å²) in [6.45, 7) is 2.45. The summed E-state index contributed by atoms with van der Waals surface area (Å²) in [6.07, 6.45) is 1.72. The molecule has 0 aliphatic rings. The van der Waals surface area contributed by atoms with E-state index in [1.165, 1.54) is 6.92 Å². The summed E-state index contributed by atoms with van der Waals surface area (Å²) in [5.41, 5.74) is 0. The van der Waals surface area contributed by atoms with Crippen LogP contribution >= 0.6 is 15.9 Å². The molecule has 0 aromatic rings. The molecule has 0 spiro atoms. The zero-order valence-electron chi connectivity index (χ0n) is 18.8. The van der Waals surface area contributed by atoms with Gasteiger partial charge >= 0.3 is 11.9 Å². The molecule has 190 valence electrons. The minimum absolute atomic E-state index is 0.114. The van der Waals surface area contributed by atoms with Gasteiger partial charge in [-0.3, -0.25) is 19.2 Å². The molecule has 0 fully saturated rings. The lowest BCUT2D eigenvalue weighted by molar-refractivity contribution is -0.143. The predicted octanol–water partition coefficient (Wildman–Crippen LogP) is -0.112. The Morgan fingerprint density at radius 2 is 1.48 bits per heavy atom. The SMILES string of the molecule is CC(CCC(=O)NCCOCCOCC(=O)N[C@@H](CCCCNC(=O)CBr)C(=O)O)C(=O)O. The van der Waals surface area contributed by atoms with Crippen molar-refractivity contribution in [3.63, 3.8) is 0 Å². The van der Waals surface area contributed by atoms with Crippen LogP contribution in [0.15, 0.2) is 0 Å². The van der Waals surface area contributed by atoms with Crippen molar-refractivity contribution in [3.8, 4) is 0 Å². The molecule has 1 unspecified atom stereocenters. The Morgan fingerprint density at radius 1 is 0.818 bits per heavy atom. The quantitative estimate of drug-likeness (QED) is 0.104. The lowest BCUT2D eigenvalue weighted by Gasteiger charge is -2.14. The topological polar surface area (TPSA) is 180 Å². The van der Waals surface area contributed by atoms with E-state index < -0.39 is 29.8 Å². The first-order valence-electron chi connectivity index (χ1n) is 10.7. The number of hydrogen-bond donors (Lipinski definition) is 5. The smallest absolute Gasteiger partial charge is 0.326 e. The van der Waals surface area contributed by atoms with Gasteiger partial charge < -0.3 is 35.6 Å². The van der Waals surface area contributed by atoms with Crippen molar-refractivity contribution in [2.75, 3.05) is 44.8 Å². The van der Waals surface area contributed by atoms with Crippen molar-refractivity contribution in [2.45, 2.75) is 45.1 Å². The van der Waals surface area contributed by atoms with Crippen molar-refractivity contribution < 1.29 is 43.7 Å². The van der Waals surface area contributed by atoms with Gasteiger partial charge in [0.25, 0.3) is 0 Å². The number of unbranched alkanes of at least 4 members (excludes halogenated alkanes) is 1. The van der Waals surface area contributed by atoms with Gasteiger partial charge in [0.05, 0.1) is 31.1 Å². The van der Waals surface area contributed by atoms with Gasteiger partial charge in [0.15, 0.2) is 0 Å². The second kappa shape index (κ2) is 19.2. The summed E-state index contributed by atoms with van der Waals surface area (Å²) in [6, 6.07) is -1.04. The van der Waals surface area contributed by atoms with Crippen molar-refractivity contribution in [1.82, 2.24) is 16.0 Å². The number of rotatable bonds is 20. The molecule has 0 bridgehead atoms. The third-order valence-electron chi connectivity index (χ3n) is 4.40. The van der Waals surface area contributed by atoms with Crippen LogP contribution in [-0.4, -0.2) is 90.8 Å². The Kier molecular flexibility index (Phi) is 17.9. The summed E-state index contributed by atoms with van der Waals surface area (Å²) in [5.74, 6) is -3.62. The summed E-state index contributed by atoms with van der Waals surface area (Å²) in [4.78, 5) is 56.5. The number of alkyl halides is 1. The highest BCUT2D eigenvalue weighted by Crippen LogP contribution is 2.05. The average molecular weight is 540 g/mol. The molecule has 0 heterocycles. The number of hydrogen-bond acceptors (Lipinski definition) is 7. The van der Waals surface area contributed by atoms with Crippen LogP contribution in [0.3, 0.4) is 0 Å². The van der Waals surface area contributed by atoms with Crippen molar-refractivity contribution in [2.24, 2.45) is 5.92 Å². The van der Waals surface area contributed by atoms with E-state index in [1.54, 1.807) is 0 Å². The molecule has 0 rings (SSSR count). The maximum Gasteiger partial charge on any atom is 0.326 e. The fourth-order valence-corrected chi connectivity index (χ4v) is 2.65. The fourth-order valence-electron chi connectivity index (χ4n) is 2.45. The summed E-state index contributed by atoms with van der Waals surface area (Å²) < 4.78 is 10.4. The number of ether oxygens (including phenoxy) is 2. The van der Waals surface area contributed by atoms with E-state index in [-0.39, 0.29) is 69.4 Å². The molecule has 0 aromatic heterocycles. The van der Waals surface area contributed by atoms with Crippen molar-refractivity contribution in [3.05, 3.63) is 0 Å². The fraction of sp³-hybridized carbons (Fsp3) is 0.750. The molecule has 0 radical (unpaired) electrons. The summed E-state index contributed by atoms with van der Waals surface area (Å²) >= 11 is 3.03. The first kappa shape index (κ1) is 30.8. The van der Waals surface area contributed by atoms with Gasteiger partial charge in [0.2, 0.25) is 17.7 Å². The molecule has 0 saturated carbocycles. The minimum atomic E-state index is -1.14. The highest BCUT2D eigenvalue weighted by Gasteiger charge is 2.19. The molecule has 0 aliphatic heterocycles. The van der Waals surface area contributed by atoms with Crippen molar-refractivity contribution >= 4 is 45.6 Å². The summed E-state index contributed by atoms with van der Waals surface area (Å²) in [5, 5.41) is 25.8. The predicted molar refractivity (Wildman–Crippen MR) is 121 cm³/mol. The second-order valence-corrected chi connectivity index (χ2v) is 7.79. The Balaban J connectivity index is 3.77. The summed E-state index contributed by atoms with van der Waals surface area (Å²) in [7, 11) is 0. The van der Waals surface area contributed by atoms with Crippen LogP contribution in [-0.2, 0) is 33.4 Å². The molecule has 0 aliphatic carbocycles. The Bertz CT molecular complexity index is 634. The van der Waals surface area contributed by atoms with Crippen LogP contribution in [0, 0.1) is 5.92 Å². The Hall–Kier alpha value is -2.25. The molecule has 33 heavy (non-hydrogen) atoms. The highest BCUT2D eigenvalue weighted by atomic mass is 79.9. The number of carboxylic acid groups (broad SMARTS) is 2. The van der Waals surface area contributed by atoms with Crippen LogP contribution in [0.4, 0.5) is 0 Å². The van der Waals surface area contributed by atoms with E-state index in [0.29, 0.717) is 19.4 Å². The second-order valence-electron chi connectivity index (χ2n) is 7.23. The van der Waals surface area contributed by atoms with Gasteiger partial charge in [-0.25, -0.2) is 4.79 Å². The first-order valence-corrected chi connectivity index (χ1v) is 11.8. The Morgan fingerprint density at radius 3 is 2.12 bits per heavy atom. The first-order chi connectivity index (χ1) is 15.7. The van der Waals surface area contributed by atoms with Crippen LogP contribution < -0.4 is 16.0 Å². The number of nitrogens with one attached hydrogen (secondary N) is 3. The molecule has 13 heteroatoms. The van der Waals surface area contributed by atoms with Gasteiger partial charge in [0, 0.05) is 19.5 Å². The van der Waals surface area contributed by atoms with Crippen LogP contribution in [0.1, 0.15) is 39.0 Å². The normalized spacial score (nSPS) is 12.4. The molecule has 3 amide bonds. The van der Waals surface area contributed by atoms with E-state index in [9.17, 15) is 29.1 Å². The van der Waals surface area contributed by atoms with E-state index in [0.717, 1.165) is 0 Å². The maximum atomic E-state index is 11.8. The molecule has 0 saturated heterocycles. The zero-order valence-corrected chi connectivity index (χ0v) is 20.4. The third-order valence-corrected chi connectivity index (χ3v) is 4.91. The molecular formula is C20H34BrN3O9. The standard InChI is InChI=1S/C20H34BrN3O9/c1-14(19(28)29)5-6-16(25)23-8-9-32-10-11-33-13-18(27)24-15(20(30)31)4-2-3-7-22-17(26)12-21/h14-15H,2-13H2,1H3,(H,22,26)(H,23,25)(H,24,27)(H,28,29)(H,30,31)/t14?,15-/m0/s1. The number of halogens is 1. The third kappa shape index (κ3) is 17.9. The van der Waals surface area contributed by atoms with Crippen LogP contribution in [0.2, 0.25) is 0 Å². The van der Waals surface area contributed by atoms with Gasteiger partial charge in [-0.15, -0.1) is 0 Å². The largest absolute Gasteiger partial charge is 0.481 e. The Labute approximate surface area is 201 Å². The van der Waals surface area contributed by atoms with Gasteiger partial charge in [-0.05, 0) is 25.7 Å². The van der Waals surface area contributed by atoms with E-state index in [2.05, 4.69) is 31.9 Å². The maximum absolute atomic E-state index is 11.8. The average Bonchev–Trinajstić information content (AvgIpc) is 2.77. The lowest BCUT2D eigenvalue weighted by Crippen LogP contribution is -2.42. The van der Waals surface area contributed by atoms with E-state index >= 15 is 0 Å². The number of amides is 3. The molecule has 12 nitrogen and oxygen atoms in total. The highest BCUT2D eigenvalue weighted by molar-refractivity contribution is 9.09. The zero-order chi connectivity index (χ0) is 25.1. The number of carbonyl (C=O) groups excluding carboxylic acids is 3. The minimum Gasteiger partial charge on any atom is -0.481 e. The van der Waals surface area contributed by atoms with Crippen LogP contribution in [0.25, 0.3) is 0 Å². The van der Waals surface area contributed by atoms with Gasteiger partial charge in [-0.2, -0.15) is 0 Å². The molecule has 0 aromatic carbocycles. The van der Waals surface area contributed by atoms with E-state index in [1.807, 2.05) is 0 Å². The molecular weight excluding hydrogens is 506 g/mol. The van der Waals surface area contributed by atoms with Gasteiger partial charge in [-0.1, -0.05) is 22.9 Å². The molecule has 5 N–H and O–H groups in total. The lowest BCUT2D eigenvalue weighted by atomic mass is 10.1. The molecule has 2 atom stereocenters. The van der Waals surface area contributed by atoms with Gasteiger partial charge in [0.1, 0.15) is 12.6 Å². The number of aliphatic carboxylic acids is 2. The van der Waals surface area contributed by atoms with Crippen molar-refractivity contribution in [1.29, 1.82) is 0 Å². The monoisotopic (exact) mass is 539 g/mol. The van der Waals surface area contributed by atoms with E-state index in [4.69, 9.17) is 14.6 Å². The number of carbonyl (C=O) groups is 5.